The number of carbonyl (C=O) groups is 4. The number of nitrogens with zero attached hydrogens (tertiary/aromatic N) is 2. The second kappa shape index (κ2) is 10.4. The molecule has 2 aliphatic rings. The van der Waals surface area contributed by atoms with Crippen LogP contribution in [0.2, 0.25) is 0 Å². The van der Waals surface area contributed by atoms with Crippen LogP contribution in [0.1, 0.15) is 35.6 Å². The highest BCUT2D eigenvalue weighted by Crippen LogP contribution is 2.40. The average molecular weight is 469 g/mol. The Labute approximate surface area is 196 Å². The van der Waals surface area contributed by atoms with E-state index in [1.807, 2.05) is 0 Å². The van der Waals surface area contributed by atoms with Crippen molar-refractivity contribution in [3.8, 4) is 0 Å². The van der Waals surface area contributed by atoms with Gasteiger partial charge in [-0.15, -0.1) is 0 Å². The molecule has 180 valence electrons. The Morgan fingerprint density at radius 1 is 0.882 bits per heavy atom. The topological polar surface area (TPSA) is 125 Å². The lowest BCUT2D eigenvalue weighted by atomic mass is 9.78. The quantitative estimate of drug-likeness (QED) is 0.590. The Kier molecular flexibility index (Phi) is 7.15. The second-order valence-electron chi connectivity index (χ2n) is 8.67. The van der Waals surface area contributed by atoms with E-state index in [0.29, 0.717) is 31.9 Å². The van der Waals surface area contributed by atoms with Crippen LogP contribution in [-0.2, 0) is 14.4 Å². The van der Waals surface area contributed by atoms with Crippen molar-refractivity contribution in [3.63, 3.8) is 0 Å². The molecule has 4 heterocycles. The smallest absolute Gasteiger partial charge is 0.287 e. The molecule has 0 unspecified atom stereocenters. The third-order valence-corrected chi connectivity index (χ3v) is 6.47. The van der Waals surface area contributed by atoms with Gasteiger partial charge in [-0.2, -0.15) is 0 Å². The number of hydrogen-bond donors (Lipinski definition) is 2. The summed E-state index contributed by atoms with van der Waals surface area (Å²) in [5.74, 6) is -0.287. The average Bonchev–Trinajstić information content (AvgIpc) is 3.62. The molecular weight excluding hydrogens is 440 g/mol. The van der Waals surface area contributed by atoms with Gasteiger partial charge in [0.2, 0.25) is 17.7 Å². The number of piperidine rings is 1. The lowest BCUT2D eigenvalue weighted by molar-refractivity contribution is -0.134. The molecule has 0 atom stereocenters. The van der Waals surface area contributed by atoms with Gasteiger partial charge in [0.25, 0.3) is 5.91 Å². The summed E-state index contributed by atoms with van der Waals surface area (Å²) in [4.78, 5) is 52.5. The SMILES string of the molecule is O=C(C=Cc1ccco1)NCC(=O)N1CCC2(CCN(C(=O)CNC(=O)c3ccco3)CC2)C1. The molecule has 10 nitrogen and oxygen atoms in total. The molecule has 2 N–H and O–H groups in total. The van der Waals surface area contributed by atoms with Crippen LogP contribution in [0.4, 0.5) is 0 Å². The summed E-state index contributed by atoms with van der Waals surface area (Å²) in [5.41, 5.74) is -0.00689. The molecule has 4 amide bonds. The number of hydrogen-bond acceptors (Lipinski definition) is 6. The highest BCUT2D eigenvalue weighted by atomic mass is 16.3. The van der Waals surface area contributed by atoms with E-state index in [-0.39, 0.29) is 42.0 Å². The maximum Gasteiger partial charge on any atom is 0.287 e. The van der Waals surface area contributed by atoms with Gasteiger partial charge in [0.1, 0.15) is 5.76 Å². The van der Waals surface area contributed by atoms with Crippen molar-refractivity contribution in [3.05, 3.63) is 54.4 Å². The van der Waals surface area contributed by atoms with Crippen LogP contribution in [0.5, 0.6) is 0 Å². The largest absolute Gasteiger partial charge is 0.465 e. The predicted molar refractivity (Wildman–Crippen MR) is 121 cm³/mol. The zero-order valence-corrected chi connectivity index (χ0v) is 18.8. The number of nitrogens with one attached hydrogen (secondary N) is 2. The number of rotatable bonds is 7. The van der Waals surface area contributed by atoms with E-state index in [9.17, 15) is 19.2 Å². The molecule has 34 heavy (non-hydrogen) atoms. The predicted octanol–water partition coefficient (Wildman–Crippen LogP) is 1.27. The molecular formula is C24H28N4O6. The van der Waals surface area contributed by atoms with Crippen molar-refractivity contribution in [2.45, 2.75) is 19.3 Å². The van der Waals surface area contributed by atoms with Crippen LogP contribution in [0.25, 0.3) is 6.08 Å². The van der Waals surface area contributed by atoms with Gasteiger partial charge in [-0.25, -0.2) is 0 Å². The van der Waals surface area contributed by atoms with Crippen molar-refractivity contribution in [2.24, 2.45) is 5.41 Å². The summed E-state index contributed by atoms with van der Waals surface area (Å²) in [5, 5.41) is 5.20. The maximum atomic E-state index is 12.6. The minimum absolute atomic E-state index is 0.00689. The minimum Gasteiger partial charge on any atom is -0.465 e. The fraction of sp³-hybridized carbons (Fsp3) is 0.417. The van der Waals surface area contributed by atoms with Crippen molar-refractivity contribution in [1.29, 1.82) is 0 Å². The van der Waals surface area contributed by atoms with Gasteiger partial charge in [0.05, 0.1) is 25.6 Å². The highest BCUT2D eigenvalue weighted by Gasteiger charge is 2.42. The standard InChI is InChI=1S/C24H28N4O6/c29-20(6-5-18-3-1-13-33-18)25-15-22(31)28-12-9-24(17-28)7-10-27(11-8-24)21(30)16-26-23(32)19-4-2-14-34-19/h1-6,13-14H,7-12,15-17H2,(H,25,29)(H,26,32). The van der Waals surface area contributed by atoms with Crippen molar-refractivity contribution in [1.82, 2.24) is 20.4 Å². The molecule has 2 aromatic heterocycles. The second-order valence-corrected chi connectivity index (χ2v) is 8.67. The fourth-order valence-corrected chi connectivity index (χ4v) is 4.43. The van der Waals surface area contributed by atoms with Gasteiger partial charge >= 0.3 is 0 Å². The molecule has 0 saturated carbocycles. The van der Waals surface area contributed by atoms with Crippen LogP contribution < -0.4 is 10.6 Å². The Hall–Kier alpha value is -3.82. The van der Waals surface area contributed by atoms with Crippen LogP contribution in [0.3, 0.4) is 0 Å². The van der Waals surface area contributed by atoms with Crippen molar-refractivity contribution < 1.29 is 28.0 Å². The van der Waals surface area contributed by atoms with Crippen molar-refractivity contribution in [2.75, 3.05) is 39.3 Å². The molecule has 0 bridgehead atoms. The van der Waals surface area contributed by atoms with Crippen molar-refractivity contribution >= 4 is 29.7 Å². The van der Waals surface area contributed by atoms with Gasteiger partial charge in [0, 0.05) is 32.3 Å². The third kappa shape index (κ3) is 5.75. The summed E-state index contributed by atoms with van der Waals surface area (Å²) in [6.45, 7) is 2.31. The lowest BCUT2D eigenvalue weighted by Gasteiger charge is -2.39. The Balaban J connectivity index is 1.17. The monoisotopic (exact) mass is 468 g/mol. The lowest BCUT2D eigenvalue weighted by Crippen LogP contribution is -2.48. The fourth-order valence-electron chi connectivity index (χ4n) is 4.43. The number of amides is 4. The number of carbonyl (C=O) groups excluding carboxylic acids is 4. The van der Waals surface area contributed by atoms with Gasteiger partial charge in [-0.1, -0.05) is 0 Å². The normalized spacial score (nSPS) is 17.3. The van der Waals surface area contributed by atoms with Crippen LogP contribution in [0.15, 0.2) is 51.7 Å². The summed E-state index contributed by atoms with van der Waals surface area (Å²) in [7, 11) is 0. The molecule has 2 aliphatic heterocycles. The molecule has 2 fully saturated rings. The van der Waals surface area contributed by atoms with E-state index in [4.69, 9.17) is 8.83 Å². The first-order chi connectivity index (χ1) is 16.4. The Morgan fingerprint density at radius 3 is 2.21 bits per heavy atom. The molecule has 0 aromatic carbocycles. The first-order valence-electron chi connectivity index (χ1n) is 11.3. The van der Waals surface area contributed by atoms with E-state index in [1.54, 1.807) is 40.1 Å². The van der Waals surface area contributed by atoms with Gasteiger partial charge < -0.3 is 29.3 Å². The zero-order chi connectivity index (χ0) is 24.0. The zero-order valence-electron chi connectivity index (χ0n) is 18.8. The van der Waals surface area contributed by atoms with Crippen LogP contribution in [0, 0.1) is 5.41 Å². The van der Waals surface area contributed by atoms with E-state index < -0.39 is 5.91 Å². The maximum absolute atomic E-state index is 12.6. The van der Waals surface area contributed by atoms with Crippen LogP contribution in [-0.4, -0.2) is 72.7 Å². The van der Waals surface area contributed by atoms with E-state index in [2.05, 4.69) is 10.6 Å². The first kappa shape index (κ1) is 23.3. The van der Waals surface area contributed by atoms with Gasteiger partial charge in [-0.3, -0.25) is 19.2 Å². The van der Waals surface area contributed by atoms with Crippen LogP contribution >= 0.6 is 0 Å². The first-order valence-corrected chi connectivity index (χ1v) is 11.3. The molecule has 1 spiro atoms. The van der Waals surface area contributed by atoms with E-state index >= 15 is 0 Å². The minimum atomic E-state index is -0.416. The summed E-state index contributed by atoms with van der Waals surface area (Å²) in [6.07, 6.45) is 8.28. The Morgan fingerprint density at radius 2 is 1.53 bits per heavy atom. The summed E-state index contributed by atoms with van der Waals surface area (Å²) < 4.78 is 10.2. The molecule has 2 aromatic rings. The molecule has 10 heteroatoms. The molecule has 0 aliphatic carbocycles. The summed E-state index contributed by atoms with van der Waals surface area (Å²) in [6, 6.07) is 6.62. The van der Waals surface area contributed by atoms with E-state index in [1.165, 1.54) is 18.6 Å². The Bertz CT molecular complexity index is 1040. The van der Waals surface area contributed by atoms with E-state index in [0.717, 1.165) is 19.3 Å². The number of furan rings is 2. The van der Waals surface area contributed by atoms with Gasteiger partial charge in [0.15, 0.2) is 5.76 Å². The molecule has 4 rings (SSSR count). The molecule has 0 radical (unpaired) electrons. The summed E-state index contributed by atoms with van der Waals surface area (Å²) >= 11 is 0. The highest BCUT2D eigenvalue weighted by molar-refractivity contribution is 5.94. The third-order valence-electron chi connectivity index (χ3n) is 6.47. The molecule has 2 saturated heterocycles. The number of likely N-dealkylation sites (tertiary alicyclic amines) is 2. The van der Waals surface area contributed by atoms with Gasteiger partial charge in [-0.05, 0) is 55.0 Å².